The van der Waals surface area contributed by atoms with Gasteiger partial charge in [-0.25, -0.2) is 0 Å². The monoisotopic (exact) mass is 332 g/mol. The minimum absolute atomic E-state index is 0.0721. The molecule has 1 aliphatic carbocycles. The number of hydrogen-bond acceptors (Lipinski definition) is 4. The van der Waals surface area contributed by atoms with Crippen LogP contribution in [0.4, 0.5) is 0 Å². The maximum absolute atomic E-state index is 11.3. The minimum atomic E-state index is -0.164. The van der Waals surface area contributed by atoms with Gasteiger partial charge in [0.05, 0.1) is 6.61 Å². The normalized spacial score (nSPS) is 27.5. The average Bonchev–Trinajstić information content (AvgIpc) is 2.59. The van der Waals surface area contributed by atoms with E-state index in [2.05, 4.69) is 12.1 Å². The zero-order valence-electron chi connectivity index (χ0n) is 14.5. The second-order valence-corrected chi connectivity index (χ2v) is 6.95. The van der Waals surface area contributed by atoms with E-state index in [1.165, 1.54) is 25.3 Å². The first kappa shape index (κ1) is 17.3. The van der Waals surface area contributed by atoms with Crippen LogP contribution in [0.3, 0.4) is 0 Å². The molecule has 0 N–H and O–H groups in total. The van der Waals surface area contributed by atoms with Crippen molar-refractivity contribution in [3.63, 3.8) is 0 Å². The highest BCUT2D eigenvalue weighted by atomic mass is 16.7. The summed E-state index contributed by atoms with van der Waals surface area (Å²) in [5.41, 5.74) is 1.27. The summed E-state index contributed by atoms with van der Waals surface area (Å²) in [6.45, 7) is 2.30. The maximum Gasteiger partial charge on any atom is 0.302 e. The Bertz CT molecular complexity index is 519. The first-order chi connectivity index (χ1) is 11.7. The second-order valence-electron chi connectivity index (χ2n) is 6.95. The Kier molecular flexibility index (Phi) is 6.13. The molecule has 1 aliphatic heterocycles. The fourth-order valence-corrected chi connectivity index (χ4v) is 3.74. The summed E-state index contributed by atoms with van der Waals surface area (Å²) in [7, 11) is 0. The van der Waals surface area contributed by atoms with E-state index in [1.54, 1.807) is 0 Å². The molecule has 0 amide bonds. The molecule has 3 rings (SSSR count). The van der Waals surface area contributed by atoms with E-state index in [0.29, 0.717) is 5.92 Å². The number of carbonyl (C=O) groups is 1. The Labute approximate surface area is 144 Å². The van der Waals surface area contributed by atoms with Crippen LogP contribution >= 0.6 is 0 Å². The van der Waals surface area contributed by atoms with Gasteiger partial charge >= 0.3 is 5.97 Å². The Morgan fingerprint density at radius 3 is 2.54 bits per heavy atom. The summed E-state index contributed by atoms with van der Waals surface area (Å²) >= 11 is 0. The largest absolute Gasteiger partial charge is 0.465 e. The van der Waals surface area contributed by atoms with Crippen LogP contribution < -0.4 is 4.74 Å². The van der Waals surface area contributed by atoms with E-state index in [-0.39, 0.29) is 18.4 Å². The molecule has 1 saturated heterocycles. The highest BCUT2D eigenvalue weighted by Crippen LogP contribution is 2.30. The van der Waals surface area contributed by atoms with Gasteiger partial charge in [-0.1, -0.05) is 18.6 Å². The first-order valence-corrected chi connectivity index (χ1v) is 9.25. The fourth-order valence-electron chi connectivity index (χ4n) is 3.74. The van der Waals surface area contributed by atoms with Gasteiger partial charge in [0, 0.05) is 13.3 Å². The van der Waals surface area contributed by atoms with Gasteiger partial charge in [-0.2, -0.15) is 0 Å². The van der Waals surface area contributed by atoms with Crippen LogP contribution in [-0.2, 0) is 20.7 Å². The van der Waals surface area contributed by atoms with Gasteiger partial charge in [-0.3, -0.25) is 4.79 Å². The summed E-state index contributed by atoms with van der Waals surface area (Å²) < 4.78 is 17.0. The molecule has 1 heterocycles. The Morgan fingerprint density at radius 2 is 1.83 bits per heavy atom. The zero-order chi connectivity index (χ0) is 16.8. The molecule has 132 valence electrons. The molecular formula is C20H28O4. The number of hydrogen-bond donors (Lipinski definition) is 0. The number of benzene rings is 1. The SMILES string of the molecule is CC(=O)O[C@H]1CCCC[C@H]1Cc1ccc(OC2CCCCO2)cc1. The van der Waals surface area contributed by atoms with Crippen LogP contribution in [0.1, 0.15) is 57.4 Å². The molecule has 1 saturated carbocycles. The predicted molar refractivity (Wildman–Crippen MR) is 91.9 cm³/mol. The molecule has 1 aromatic carbocycles. The topological polar surface area (TPSA) is 44.8 Å². The number of esters is 1. The Hall–Kier alpha value is -1.55. The Morgan fingerprint density at radius 1 is 1.08 bits per heavy atom. The van der Waals surface area contributed by atoms with Gasteiger partial charge < -0.3 is 14.2 Å². The van der Waals surface area contributed by atoms with Crippen LogP contribution in [-0.4, -0.2) is 25.0 Å². The van der Waals surface area contributed by atoms with Gasteiger partial charge in [0.25, 0.3) is 0 Å². The van der Waals surface area contributed by atoms with E-state index in [1.807, 2.05) is 12.1 Å². The van der Waals surface area contributed by atoms with Gasteiger partial charge in [-0.15, -0.1) is 0 Å². The summed E-state index contributed by atoms with van der Waals surface area (Å²) in [6.07, 6.45) is 8.69. The van der Waals surface area contributed by atoms with Gasteiger partial charge in [0.2, 0.25) is 0 Å². The lowest BCUT2D eigenvalue weighted by molar-refractivity contribution is -0.150. The molecule has 0 bridgehead atoms. The van der Waals surface area contributed by atoms with Gasteiger partial charge in [0.1, 0.15) is 11.9 Å². The third-order valence-electron chi connectivity index (χ3n) is 4.98. The second kappa shape index (κ2) is 8.52. The van der Waals surface area contributed by atoms with E-state index >= 15 is 0 Å². The molecule has 4 nitrogen and oxygen atoms in total. The van der Waals surface area contributed by atoms with E-state index < -0.39 is 0 Å². The maximum atomic E-state index is 11.3. The van der Waals surface area contributed by atoms with Crippen molar-refractivity contribution in [3.8, 4) is 5.75 Å². The van der Waals surface area contributed by atoms with Crippen molar-refractivity contribution >= 4 is 5.97 Å². The molecule has 4 heteroatoms. The summed E-state index contributed by atoms with van der Waals surface area (Å²) in [5.74, 6) is 1.13. The summed E-state index contributed by atoms with van der Waals surface area (Å²) in [5, 5.41) is 0. The van der Waals surface area contributed by atoms with Gasteiger partial charge in [-0.05, 0) is 62.1 Å². The van der Waals surface area contributed by atoms with E-state index in [4.69, 9.17) is 14.2 Å². The Balaban J connectivity index is 1.55. The number of rotatable bonds is 5. The zero-order valence-corrected chi connectivity index (χ0v) is 14.5. The van der Waals surface area contributed by atoms with Crippen molar-refractivity contribution in [2.24, 2.45) is 5.92 Å². The quantitative estimate of drug-likeness (QED) is 0.756. The van der Waals surface area contributed by atoms with Crippen LogP contribution in [0.5, 0.6) is 5.75 Å². The molecule has 0 radical (unpaired) electrons. The van der Waals surface area contributed by atoms with Crippen LogP contribution in [0.2, 0.25) is 0 Å². The van der Waals surface area contributed by atoms with Crippen molar-refractivity contribution in [2.75, 3.05) is 6.61 Å². The van der Waals surface area contributed by atoms with E-state index in [0.717, 1.165) is 50.9 Å². The minimum Gasteiger partial charge on any atom is -0.465 e. The van der Waals surface area contributed by atoms with Crippen molar-refractivity contribution in [2.45, 2.75) is 70.7 Å². The lowest BCUT2D eigenvalue weighted by atomic mass is 9.82. The smallest absolute Gasteiger partial charge is 0.302 e. The number of ether oxygens (including phenoxy) is 3. The predicted octanol–water partition coefficient (Wildman–Crippen LogP) is 4.26. The van der Waals surface area contributed by atoms with Crippen LogP contribution in [0, 0.1) is 5.92 Å². The molecule has 2 fully saturated rings. The first-order valence-electron chi connectivity index (χ1n) is 9.25. The highest BCUT2D eigenvalue weighted by Gasteiger charge is 2.27. The lowest BCUT2D eigenvalue weighted by Crippen LogP contribution is -2.30. The lowest BCUT2D eigenvalue weighted by Gasteiger charge is -2.31. The van der Waals surface area contributed by atoms with E-state index in [9.17, 15) is 4.79 Å². The molecule has 24 heavy (non-hydrogen) atoms. The fraction of sp³-hybridized carbons (Fsp3) is 0.650. The van der Waals surface area contributed by atoms with Gasteiger partial charge in [0.15, 0.2) is 6.29 Å². The molecule has 1 aromatic rings. The van der Waals surface area contributed by atoms with Crippen molar-refractivity contribution < 1.29 is 19.0 Å². The van der Waals surface area contributed by atoms with Crippen LogP contribution in [0.15, 0.2) is 24.3 Å². The highest BCUT2D eigenvalue weighted by molar-refractivity contribution is 5.66. The standard InChI is InChI=1S/C20H28O4/c1-15(21)23-19-7-3-2-6-17(19)14-16-9-11-18(12-10-16)24-20-8-4-5-13-22-20/h9-12,17,19-20H,2-8,13-14H2,1H3/t17-,19-,20?/m0/s1. The van der Waals surface area contributed by atoms with Crippen LogP contribution in [0.25, 0.3) is 0 Å². The molecule has 2 aliphatic rings. The molecule has 3 atom stereocenters. The number of carbonyl (C=O) groups excluding carboxylic acids is 1. The molecule has 1 unspecified atom stereocenters. The van der Waals surface area contributed by atoms with Crippen molar-refractivity contribution in [1.29, 1.82) is 0 Å². The molecule has 0 spiro atoms. The third kappa shape index (κ3) is 4.97. The summed E-state index contributed by atoms with van der Waals surface area (Å²) in [4.78, 5) is 11.3. The summed E-state index contributed by atoms with van der Waals surface area (Å²) in [6, 6.07) is 8.29. The third-order valence-corrected chi connectivity index (χ3v) is 4.98. The van der Waals surface area contributed by atoms with Crippen molar-refractivity contribution in [1.82, 2.24) is 0 Å². The van der Waals surface area contributed by atoms with Crippen molar-refractivity contribution in [3.05, 3.63) is 29.8 Å². The molecular weight excluding hydrogens is 304 g/mol. The molecule has 0 aromatic heterocycles. The average molecular weight is 332 g/mol.